The number of likely N-dealkylation sites (tertiary alicyclic amines) is 1. The van der Waals surface area contributed by atoms with Crippen LogP contribution in [-0.4, -0.2) is 47.9 Å². The standard InChI is InChI=1S/C11H23N3/c1-4-13(5-2)9-10(3)14-8-6-7-11(14)12/h10,12H,4-9H2,1-3H3. The zero-order chi connectivity index (χ0) is 10.6. The van der Waals surface area contributed by atoms with E-state index in [1.54, 1.807) is 0 Å². The second-order valence-electron chi connectivity index (χ2n) is 4.08. The maximum absolute atomic E-state index is 7.80. The smallest absolute Gasteiger partial charge is 0.0961 e. The van der Waals surface area contributed by atoms with Crippen LogP contribution in [0.3, 0.4) is 0 Å². The molecule has 1 aliphatic rings. The Morgan fingerprint density at radius 3 is 2.50 bits per heavy atom. The summed E-state index contributed by atoms with van der Waals surface area (Å²) in [5.74, 6) is 0.838. The van der Waals surface area contributed by atoms with Gasteiger partial charge < -0.3 is 9.80 Å². The van der Waals surface area contributed by atoms with Crippen LogP contribution in [0.15, 0.2) is 0 Å². The lowest BCUT2D eigenvalue weighted by molar-refractivity contribution is 0.223. The largest absolute Gasteiger partial charge is 0.357 e. The minimum absolute atomic E-state index is 0.505. The number of rotatable bonds is 5. The Kier molecular flexibility index (Phi) is 4.39. The Bertz CT molecular complexity index is 187. The quantitative estimate of drug-likeness (QED) is 0.728. The minimum Gasteiger partial charge on any atom is -0.357 e. The van der Waals surface area contributed by atoms with Gasteiger partial charge in [0.15, 0.2) is 0 Å². The first-order valence-electron chi connectivity index (χ1n) is 5.75. The van der Waals surface area contributed by atoms with Crippen molar-refractivity contribution < 1.29 is 0 Å². The second-order valence-corrected chi connectivity index (χ2v) is 4.08. The summed E-state index contributed by atoms with van der Waals surface area (Å²) in [5, 5.41) is 7.80. The molecule has 1 aliphatic heterocycles. The first-order chi connectivity index (χ1) is 6.69. The van der Waals surface area contributed by atoms with E-state index in [1.807, 2.05) is 0 Å². The fraction of sp³-hybridized carbons (Fsp3) is 0.909. The minimum atomic E-state index is 0.505. The number of hydrogen-bond acceptors (Lipinski definition) is 2. The SMILES string of the molecule is CCN(CC)CC(C)N1CCCC1=N. The molecule has 0 bridgehead atoms. The van der Waals surface area contributed by atoms with Gasteiger partial charge in [0.25, 0.3) is 0 Å². The van der Waals surface area contributed by atoms with Crippen molar-refractivity contribution in [2.75, 3.05) is 26.2 Å². The van der Waals surface area contributed by atoms with Crippen LogP contribution in [0.4, 0.5) is 0 Å². The summed E-state index contributed by atoms with van der Waals surface area (Å²) in [4.78, 5) is 4.68. The zero-order valence-electron chi connectivity index (χ0n) is 9.71. The van der Waals surface area contributed by atoms with Gasteiger partial charge in [0, 0.05) is 25.6 Å². The van der Waals surface area contributed by atoms with E-state index >= 15 is 0 Å². The number of amidine groups is 1. The Morgan fingerprint density at radius 1 is 1.43 bits per heavy atom. The molecule has 0 aliphatic carbocycles. The summed E-state index contributed by atoms with van der Waals surface area (Å²) in [7, 11) is 0. The van der Waals surface area contributed by atoms with E-state index in [1.165, 1.54) is 6.42 Å². The van der Waals surface area contributed by atoms with Crippen molar-refractivity contribution in [2.24, 2.45) is 0 Å². The lowest BCUT2D eigenvalue weighted by atomic mass is 10.2. The molecule has 0 aromatic carbocycles. The molecule has 1 fully saturated rings. The summed E-state index contributed by atoms with van der Waals surface area (Å²) >= 11 is 0. The Morgan fingerprint density at radius 2 is 2.07 bits per heavy atom. The lowest BCUT2D eigenvalue weighted by Crippen LogP contribution is -2.42. The Balaban J connectivity index is 2.40. The number of nitrogens with one attached hydrogen (secondary N) is 1. The fourth-order valence-electron chi connectivity index (χ4n) is 2.14. The molecule has 0 radical (unpaired) electrons. The summed E-state index contributed by atoms with van der Waals surface area (Å²) < 4.78 is 0. The third kappa shape index (κ3) is 2.71. The van der Waals surface area contributed by atoms with E-state index in [9.17, 15) is 0 Å². The van der Waals surface area contributed by atoms with Crippen molar-refractivity contribution in [3.05, 3.63) is 0 Å². The van der Waals surface area contributed by atoms with Gasteiger partial charge >= 0.3 is 0 Å². The van der Waals surface area contributed by atoms with E-state index in [2.05, 4.69) is 30.6 Å². The highest BCUT2D eigenvalue weighted by molar-refractivity contribution is 5.81. The second kappa shape index (κ2) is 5.35. The third-order valence-corrected chi connectivity index (χ3v) is 3.11. The van der Waals surface area contributed by atoms with Gasteiger partial charge in [-0.25, -0.2) is 0 Å². The van der Waals surface area contributed by atoms with Crippen molar-refractivity contribution in [3.8, 4) is 0 Å². The average Bonchev–Trinajstić information content (AvgIpc) is 2.60. The molecule has 3 nitrogen and oxygen atoms in total. The molecule has 0 amide bonds. The van der Waals surface area contributed by atoms with Crippen LogP contribution >= 0.6 is 0 Å². The van der Waals surface area contributed by atoms with Crippen molar-refractivity contribution in [2.45, 2.75) is 39.7 Å². The van der Waals surface area contributed by atoms with Gasteiger partial charge in [-0.05, 0) is 26.4 Å². The van der Waals surface area contributed by atoms with Gasteiger partial charge in [0.05, 0.1) is 5.84 Å². The highest BCUT2D eigenvalue weighted by Crippen LogP contribution is 2.14. The van der Waals surface area contributed by atoms with Crippen LogP contribution in [0.5, 0.6) is 0 Å². The van der Waals surface area contributed by atoms with Crippen molar-refractivity contribution in [1.82, 2.24) is 9.80 Å². The highest BCUT2D eigenvalue weighted by atomic mass is 15.2. The maximum Gasteiger partial charge on any atom is 0.0961 e. The molecule has 0 aromatic rings. The monoisotopic (exact) mass is 197 g/mol. The lowest BCUT2D eigenvalue weighted by Gasteiger charge is -2.30. The molecule has 1 rings (SSSR count). The van der Waals surface area contributed by atoms with Crippen molar-refractivity contribution >= 4 is 5.84 Å². The molecule has 0 spiro atoms. The highest BCUT2D eigenvalue weighted by Gasteiger charge is 2.22. The van der Waals surface area contributed by atoms with Crippen LogP contribution in [0.25, 0.3) is 0 Å². The zero-order valence-corrected chi connectivity index (χ0v) is 9.71. The van der Waals surface area contributed by atoms with Crippen LogP contribution in [-0.2, 0) is 0 Å². The molecule has 82 valence electrons. The van der Waals surface area contributed by atoms with Gasteiger partial charge in [-0.1, -0.05) is 13.8 Å². The van der Waals surface area contributed by atoms with Crippen molar-refractivity contribution in [1.29, 1.82) is 5.41 Å². The molecule has 14 heavy (non-hydrogen) atoms. The Labute approximate surface area is 87.6 Å². The number of hydrogen-bond donors (Lipinski definition) is 1. The van der Waals surface area contributed by atoms with Gasteiger partial charge in [0.1, 0.15) is 0 Å². The predicted molar refractivity (Wildman–Crippen MR) is 60.9 cm³/mol. The van der Waals surface area contributed by atoms with E-state index in [0.29, 0.717) is 6.04 Å². The van der Waals surface area contributed by atoms with Crippen molar-refractivity contribution in [3.63, 3.8) is 0 Å². The molecule has 0 saturated carbocycles. The Hall–Kier alpha value is -0.570. The third-order valence-electron chi connectivity index (χ3n) is 3.11. The predicted octanol–water partition coefficient (Wildman–Crippen LogP) is 1.79. The molecule has 1 saturated heterocycles. The molecule has 3 heteroatoms. The average molecular weight is 197 g/mol. The molecule has 1 heterocycles. The summed E-state index contributed by atoms with van der Waals surface area (Å²) in [6.45, 7) is 11.0. The van der Waals surface area contributed by atoms with Gasteiger partial charge in [-0.2, -0.15) is 0 Å². The fourth-order valence-corrected chi connectivity index (χ4v) is 2.14. The van der Waals surface area contributed by atoms with E-state index in [-0.39, 0.29) is 0 Å². The first-order valence-corrected chi connectivity index (χ1v) is 5.75. The first kappa shape index (κ1) is 11.5. The normalized spacial score (nSPS) is 19.4. The summed E-state index contributed by atoms with van der Waals surface area (Å²) in [6.07, 6.45) is 2.14. The summed E-state index contributed by atoms with van der Waals surface area (Å²) in [5.41, 5.74) is 0. The van der Waals surface area contributed by atoms with Gasteiger partial charge in [-0.15, -0.1) is 0 Å². The molecular weight excluding hydrogens is 174 g/mol. The molecular formula is C11H23N3. The van der Waals surface area contributed by atoms with Crippen LogP contribution in [0, 0.1) is 5.41 Å². The van der Waals surface area contributed by atoms with Gasteiger partial charge in [-0.3, -0.25) is 5.41 Å². The molecule has 1 N–H and O–H groups in total. The van der Waals surface area contributed by atoms with E-state index in [0.717, 1.165) is 38.4 Å². The van der Waals surface area contributed by atoms with E-state index < -0.39 is 0 Å². The molecule has 0 aromatic heterocycles. The maximum atomic E-state index is 7.80. The van der Waals surface area contributed by atoms with Crippen LogP contribution in [0.1, 0.15) is 33.6 Å². The van der Waals surface area contributed by atoms with Crippen LogP contribution in [0.2, 0.25) is 0 Å². The topological polar surface area (TPSA) is 30.3 Å². The van der Waals surface area contributed by atoms with E-state index in [4.69, 9.17) is 5.41 Å². The molecule has 1 atom stereocenters. The van der Waals surface area contributed by atoms with Crippen LogP contribution < -0.4 is 0 Å². The number of likely N-dealkylation sites (N-methyl/N-ethyl adjacent to an activating group) is 1. The number of nitrogens with zero attached hydrogens (tertiary/aromatic N) is 2. The van der Waals surface area contributed by atoms with Gasteiger partial charge in [0.2, 0.25) is 0 Å². The molecule has 1 unspecified atom stereocenters. The summed E-state index contributed by atoms with van der Waals surface area (Å²) in [6, 6.07) is 0.505.